The van der Waals surface area contributed by atoms with Gasteiger partial charge in [-0.15, -0.1) is 22.7 Å². The summed E-state index contributed by atoms with van der Waals surface area (Å²) in [4.78, 5) is 29.7. The maximum atomic E-state index is 13.4. The van der Waals surface area contributed by atoms with Crippen LogP contribution in [-0.4, -0.2) is 28.5 Å². The molecule has 7 heteroatoms. The summed E-state index contributed by atoms with van der Waals surface area (Å²) in [5.41, 5.74) is -0.601. The predicted octanol–water partition coefficient (Wildman–Crippen LogP) is 5.42. The summed E-state index contributed by atoms with van der Waals surface area (Å²) in [6, 6.07) is 7.45. The van der Waals surface area contributed by atoms with Gasteiger partial charge < -0.3 is 15.0 Å². The van der Waals surface area contributed by atoms with E-state index in [1.54, 1.807) is 22.7 Å². The van der Waals surface area contributed by atoms with Gasteiger partial charge in [0.25, 0.3) is 0 Å². The van der Waals surface area contributed by atoms with Gasteiger partial charge in [-0.2, -0.15) is 0 Å². The standard InChI is InChI=1S/C21H30N2O3S2/c1-5-6-11-18(22-20(25)26-21(2,3)4)19(24)23(14-16-9-7-12-27-16)15-17-10-8-13-28-17/h7-10,12-13,18H,5-6,11,14-15H2,1-4H3,(H,22,25). The summed E-state index contributed by atoms with van der Waals surface area (Å²) in [7, 11) is 0. The second kappa shape index (κ2) is 10.6. The summed E-state index contributed by atoms with van der Waals surface area (Å²) in [6.07, 6.45) is 1.86. The van der Waals surface area contributed by atoms with E-state index in [0.717, 1.165) is 22.6 Å². The van der Waals surface area contributed by atoms with Crippen molar-refractivity contribution in [1.29, 1.82) is 0 Å². The zero-order valence-corrected chi connectivity index (χ0v) is 18.7. The Bertz CT molecular complexity index is 685. The highest BCUT2D eigenvalue weighted by molar-refractivity contribution is 7.10. The number of carbonyl (C=O) groups excluding carboxylic acids is 2. The van der Waals surface area contributed by atoms with Crippen LogP contribution in [0.4, 0.5) is 4.79 Å². The largest absolute Gasteiger partial charge is 0.444 e. The lowest BCUT2D eigenvalue weighted by Crippen LogP contribution is -2.49. The van der Waals surface area contributed by atoms with E-state index in [9.17, 15) is 9.59 Å². The number of nitrogens with one attached hydrogen (secondary N) is 1. The molecule has 0 fully saturated rings. The van der Waals surface area contributed by atoms with Crippen molar-refractivity contribution in [2.45, 2.75) is 71.7 Å². The van der Waals surface area contributed by atoms with Crippen LogP contribution in [-0.2, 0) is 22.6 Å². The zero-order valence-electron chi connectivity index (χ0n) is 17.1. The van der Waals surface area contributed by atoms with Gasteiger partial charge in [0.15, 0.2) is 0 Å². The third-order valence-corrected chi connectivity index (χ3v) is 5.72. The molecular formula is C21H30N2O3S2. The average molecular weight is 423 g/mol. The molecule has 0 radical (unpaired) electrons. The van der Waals surface area contributed by atoms with Crippen LogP contribution in [0.15, 0.2) is 35.0 Å². The smallest absolute Gasteiger partial charge is 0.408 e. The first-order chi connectivity index (χ1) is 13.3. The topological polar surface area (TPSA) is 58.6 Å². The molecule has 1 atom stereocenters. The Morgan fingerprint density at radius 3 is 2.11 bits per heavy atom. The quantitative estimate of drug-likeness (QED) is 0.587. The van der Waals surface area contributed by atoms with E-state index in [1.807, 2.05) is 60.7 Å². The van der Waals surface area contributed by atoms with Crippen molar-refractivity contribution in [3.05, 3.63) is 44.8 Å². The number of unbranched alkanes of at least 4 members (excludes halogenated alkanes) is 1. The predicted molar refractivity (Wildman–Crippen MR) is 116 cm³/mol. The molecule has 2 aromatic heterocycles. The van der Waals surface area contributed by atoms with Gasteiger partial charge in [0.2, 0.25) is 5.91 Å². The fraction of sp³-hybridized carbons (Fsp3) is 0.524. The van der Waals surface area contributed by atoms with Crippen LogP contribution in [0.25, 0.3) is 0 Å². The number of carbonyl (C=O) groups is 2. The van der Waals surface area contributed by atoms with E-state index in [-0.39, 0.29) is 5.91 Å². The molecule has 0 saturated carbocycles. The van der Waals surface area contributed by atoms with Crippen LogP contribution in [0.5, 0.6) is 0 Å². The first-order valence-corrected chi connectivity index (χ1v) is 11.4. The monoisotopic (exact) mass is 422 g/mol. The first-order valence-electron chi connectivity index (χ1n) is 9.61. The second-order valence-corrected chi connectivity index (χ2v) is 9.76. The van der Waals surface area contributed by atoms with E-state index in [2.05, 4.69) is 12.2 Å². The number of hydrogen-bond acceptors (Lipinski definition) is 5. The van der Waals surface area contributed by atoms with Gasteiger partial charge in [-0.3, -0.25) is 4.79 Å². The molecule has 2 heterocycles. The van der Waals surface area contributed by atoms with Gasteiger partial charge in [-0.25, -0.2) is 4.79 Å². The molecule has 1 N–H and O–H groups in total. The van der Waals surface area contributed by atoms with Crippen LogP contribution in [0.2, 0.25) is 0 Å². The Labute approximate surface area is 175 Å². The van der Waals surface area contributed by atoms with Crippen molar-refractivity contribution in [2.24, 2.45) is 0 Å². The molecule has 0 aromatic carbocycles. The number of rotatable bonds is 9. The fourth-order valence-corrected chi connectivity index (χ4v) is 4.17. The third-order valence-electron chi connectivity index (χ3n) is 4.00. The Hall–Kier alpha value is -1.86. The van der Waals surface area contributed by atoms with Crippen molar-refractivity contribution in [3.8, 4) is 0 Å². The lowest BCUT2D eigenvalue weighted by atomic mass is 10.1. The van der Waals surface area contributed by atoms with Crippen LogP contribution in [0.3, 0.4) is 0 Å². The summed E-state index contributed by atoms with van der Waals surface area (Å²) < 4.78 is 5.37. The van der Waals surface area contributed by atoms with E-state index in [0.29, 0.717) is 19.5 Å². The zero-order chi connectivity index (χ0) is 20.6. The molecule has 5 nitrogen and oxygen atoms in total. The van der Waals surface area contributed by atoms with Crippen molar-refractivity contribution in [1.82, 2.24) is 10.2 Å². The number of alkyl carbamates (subject to hydrolysis) is 1. The number of hydrogen-bond donors (Lipinski definition) is 1. The number of nitrogens with zero attached hydrogens (tertiary/aromatic N) is 1. The maximum Gasteiger partial charge on any atom is 0.408 e. The van der Waals surface area contributed by atoms with Gasteiger partial charge >= 0.3 is 6.09 Å². The van der Waals surface area contributed by atoms with Gasteiger partial charge in [-0.05, 0) is 50.1 Å². The highest BCUT2D eigenvalue weighted by Gasteiger charge is 2.28. The van der Waals surface area contributed by atoms with E-state index < -0.39 is 17.7 Å². The van der Waals surface area contributed by atoms with Gasteiger partial charge in [0.1, 0.15) is 11.6 Å². The van der Waals surface area contributed by atoms with Crippen LogP contribution in [0.1, 0.15) is 56.7 Å². The molecular weight excluding hydrogens is 392 g/mol. The maximum absolute atomic E-state index is 13.4. The Morgan fingerprint density at radius 1 is 1.11 bits per heavy atom. The normalized spacial score (nSPS) is 12.4. The lowest BCUT2D eigenvalue weighted by molar-refractivity contribution is -0.134. The molecule has 0 aliphatic rings. The molecule has 2 rings (SSSR count). The van der Waals surface area contributed by atoms with Crippen molar-refractivity contribution in [2.75, 3.05) is 0 Å². The van der Waals surface area contributed by atoms with Crippen molar-refractivity contribution >= 4 is 34.7 Å². The number of ether oxygens (including phenoxy) is 1. The minimum Gasteiger partial charge on any atom is -0.444 e. The molecule has 28 heavy (non-hydrogen) atoms. The van der Waals surface area contributed by atoms with Crippen molar-refractivity contribution in [3.63, 3.8) is 0 Å². The van der Waals surface area contributed by atoms with Crippen LogP contribution in [0, 0.1) is 0 Å². The average Bonchev–Trinajstić information content (AvgIpc) is 3.29. The summed E-state index contributed by atoms with van der Waals surface area (Å²) in [5.74, 6) is -0.0684. The van der Waals surface area contributed by atoms with Gasteiger partial charge in [0, 0.05) is 9.75 Å². The van der Waals surface area contributed by atoms with Gasteiger partial charge in [-0.1, -0.05) is 31.9 Å². The molecule has 1 unspecified atom stereocenters. The van der Waals surface area contributed by atoms with E-state index in [4.69, 9.17) is 4.74 Å². The third kappa shape index (κ3) is 7.64. The molecule has 154 valence electrons. The Morgan fingerprint density at radius 2 is 1.68 bits per heavy atom. The number of thiophene rings is 2. The van der Waals surface area contributed by atoms with Crippen LogP contribution < -0.4 is 5.32 Å². The Balaban J connectivity index is 2.15. The molecule has 0 bridgehead atoms. The minimum absolute atomic E-state index is 0.0684. The first kappa shape index (κ1) is 22.4. The highest BCUT2D eigenvalue weighted by atomic mass is 32.1. The molecule has 2 aromatic rings. The molecule has 0 aliphatic heterocycles. The van der Waals surface area contributed by atoms with E-state index >= 15 is 0 Å². The SMILES string of the molecule is CCCCC(NC(=O)OC(C)(C)C)C(=O)N(Cc1cccs1)Cc1cccs1. The summed E-state index contributed by atoms with van der Waals surface area (Å²) in [6.45, 7) is 8.59. The van der Waals surface area contributed by atoms with Gasteiger partial charge in [0.05, 0.1) is 13.1 Å². The number of amides is 2. The molecule has 0 aliphatic carbocycles. The molecule has 0 saturated heterocycles. The second-order valence-electron chi connectivity index (χ2n) is 7.69. The summed E-state index contributed by atoms with van der Waals surface area (Å²) in [5, 5.41) is 6.82. The molecule has 2 amide bonds. The summed E-state index contributed by atoms with van der Waals surface area (Å²) >= 11 is 3.26. The van der Waals surface area contributed by atoms with Crippen LogP contribution >= 0.6 is 22.7 Å². The highest BCUT2D eigenvalue weighted by Crippen LogP contribution is 2.19. The molecule has 0 spiro atoms. The van der Waals surface area contributed by atoms with E-state index in [1.165, 1.54) is 0 Å². The van der Waals surface area contributed by atoms with Crippen molar-refractivity contribution < 1.29 is 14.3 Å². The lowest BCUT2D eigenvalue weighted by Gasteiger charge is -2.28. The Kier molecular flexibility index (Phi) is 8.51. The fourth-order valence-electron chi connectivity index (χ4n) is 2.73. The minimum atomic E-state index is -0.601.